The molecule has 1 aromatic rings. The Hall–Kier alpha value is -0.340. The van der Waals surface area contributed by atoms with Crippen molar-refractivity contribution in [3.8, 4) is 0 Å². The fourth-order valence-corrected chi connectivity index (χ4v) is 5.06. The molecule has 0 aromatic heterocycles. The van der Waals surface area contributed by atoms with Crippen molar-refractivity contribution in [3.05, 3.63) is 34.9 Å². The summed E-state index contributed by atoms with van der Waals surface area (Å²) < 4.78 is 6.12. The zero-order valence-corrected chi connectivity index (χ0v) is 13.6. The normalized spacial score (nSPS) is 32.5. The summed E-state index contributed by atoms with van der Waals surface area (Å²) in [6, 6.07) is 7.23. The Kier molecular flexibility index (Phi) is 3.42. The SMILES string of the molecule is BrCC1(Cc2ccc3c(c2)CCC3)CCOC1C1CC1. The number of alkyl halides is 1. The van der Waals surface area contributed by atoms with Crippen molar-refractivity contribution in [2.24, 2.45) is 11.3 Å². The molecule has 2 unspecified atom stereocenters. The van der Waals surface area contributed by atoms with Crippen LogP contribution in [0, 0.1) is 11.3 Å². The third-order valence-corrected chi connectivity index (χ3v) is 6.65. The van der Waals surface area contributed by atoms with E-state index in [1.165, 1.54) is 50.5 Å². The molecule has 1 saturated heterocycles. The van der Waals surface area contributed by atoms with Gasteiger partial charge in [-0.1, -0.05) is 34.1 Å². The Morgan fingerprint density at radius 1 is 1.20 bits per heavy atom. The second-order valence-corrected chi connectivity index (χ2v) is 7.57. The summed E-state index contributed by atoms with van der Waals surface area (Å²) in [7, 11) is 0. The third kappa shape index (κ3) is 2.25. The zero-order valence-electron chi connectivity index (χ0n) is 12.0. The number of rotatable bonds is 4. The molecule has 20 heavy (non-hydrogen) atoms. The zero-order chi connectivity index (χ0) is 13.6. The Bertz CT molecular complexity index is 508. The van der Waals surface area contributed by atoms with E-state index in [2.05, 4.69) is 34.1 Å². The molecule has 1 nitrogen and oxygen atoms in total. The first-order valence-corrected chi connectivity index (χ1v) is 9.21. The molecule has 1 heterocycles. The van der Waals surface area contributed by atoms with Gasteiger partial charge < -0.3 is 4.74 Å². The van der Waals surface area contributed by atoms with E-state index in [9.17, 15) is 0 Å². The van der Waals surface area contributed by atoms with Crippen molar-refractivity contribution in [2.75, 3.05) is 11.9 Å². The number of aryl methyl sites for hydroxylation is 2. The molecule has 1 saturated carbocycles. The molecule has 4 rings (SSSR count). The minimum absolute atomic E-state index is 0.341. The van der Waals surface area contributed by atoms with Crippen LogP contribution >= 0.6 is 15.9 Å². The number of hydrogen-bond donors (Lipinski definition) is 0. The van der Waals surface area contributed by atoms with E-state index in [1.54, 1.807) is 11.1 Å². The van der Waals surface area contributed by atoms with Crippen LogP contribution in [0.15, 0.2) is 18.2 Å². The molecule has 2 aliphatic carbocycles. The lowest BCUT2D eigenvalue weighted by molar-refractivity contribution is 0.0413. The molecule has 0 N–H and O–H groups in total. The molecule has 0 amide bonds. The standard InChI is InChI=1S/C18H23BrO/c19-12-18(8-9-20-17(18)15-6-7-15)11-13-4-5-14-2-1-3-16(14)10-13/h4-5,10,15,17H,1-3,6-9,11-12H2. The monoisotopic (exact) mass is 334 g/mol. The predicted octanol–water partition coefficient (Wildman–Crippen LogP) is 4.30. The van der Waals surface area contributed by atoms with Crippen molar-refractivity contribution in [1.29, 1.82) is 0 Å². The van der Waals surface area contributed by atoms with Crippen LogP contribution in [0.5, 0.6) is 0 Å². The first kappa shape index (κ1) is 13.3. The molecule has 2 heteroatoms. The molecular formula is C18H23BrO. The maximum Gasteiger partial charge on any atom is 0.0671 e. The van der Waals surface area contributed by atoms with E-state index in [0.29, 0.717) is 11.5 Å². The van der Waals surface area contributed by atoms with Gasteiger partial charge in [-0.3, -0.25) is 0 Å². The van der Waals surface area contributed by atoms with E-state index < -0.39 is 0 Å². The maximum atomic E-state index is 6.12. The van der Waals surface area contributed by atoms with Crippen LogP contribution in [0.2, 0.25) is 0 Å². The lowest BCUT2D eigenvalue weighted by Crippen LogP contribution is -2.36. The highest BCUT2D eigenvalue weighted by Gasteiger charge is 2.50. The second-order valence-electron chi connectivity index (χ2n) is 7.01. The summed E-state index contributed by atoms with van der Waals surface area (Å²) in [5, 5.41) is 1.08. The van der Waals surface area contributed by atoms with Crippen molar-refractivity contribution in [1.82, 2.24) is 0 Å². The molecule has 0 spiro atoms. The first-order valence-electron chi connectivity index (χ1n) is 8.09. The van der Waals surface area contributed by atoms with Crippen LogP contribution in [-0.4, -0.2) is 18.0 Å². The number of hydrogen-bond acceptors (Lipinski definition) is 1. The number of benzene rings is 1. The van der Waals surface area contributed by atoms with Gasteiger partial charge in [-0.15, -0.1) is 0 Å². The molecular weight excluding hydrogens is 312 g/mol. The Labute approximate surface area is 130 Å². The number of ether oxygens (including phenoxy) is 1. The molecule has 3 aliphatic rings. The summed E-state index contributed by atoms with van der Waals surface area (Å²) in [5.41, 5.74) is 5.06. The Morgan fingerprint density at radius 3 is 2.85 bits per heavy atom. The van der Waals surface area contributed by atoms with Gasteiger partial charge in [0.25, 0.3) is 0 Å². The lowest BCUT2D eigenvalue weighted by atomic mass is 9.75. The van der Waals surface area contributed by atoms with Gasteiger partial charge in [0.15, 0.2) is 0 Å². The summed E-state index contributed by atoms with van der Waals surface area (Å²) in [6.07, 6.45) is 9.57. The fraction of sp³-hybridized carbons (Fsp3) is 0.667. The van der Waals surface area contributed by atoms with Gasteiger partial charge in [-0.05, 0) is 67.6 Å². The Morgan fingerprint density at radius 2 is 2.05 bits per heavy atom. The summed E-state index contributed by atoms with van der Waals surface area (Å²) in [4.78, 5) is 0. The fourth-order valence-electron chi connectivity index (χ4n) is 4.26. The molecule has 2 atom stereocenters. The molecule has 2 fully saturated rings. The largest absolute Gasteiger partial charge is 0.377 e. The van der Waals surface area contributed by atoms with Crippen LogP contribution in [0.4, 0.5) is 0 Å². The number of fused-ring (bicyclic) bond motifs is 1. The first-order chi connectivity index (χ1) is 9.81. The van der Waals surface area contributed by atoms with Crippen LogP contribution in [-0.2, 0) is 24.0 Å². The second kappa shape index (κ2) is 5.14. The van der Waals surface area contributed by atoms with E-state index in [-0.39, 0.29) is 0 Å². The predicted molar refractivity (Wildman–Crippen MR) is 85.5 cm³/mol. The molecule has 1 aromatic carbocycles. The average Bonchev–Trinajstić information content (AvgIpc) is 3.05. The smallest absolute Gasteiger partial charge is 0.0671 e. The van der Waals surface area contributed by atoms with Crippen LogP contribution in [0.25, 0.3) is 0 Å². The minimum atomic E-state index is 0.341. The van der Waals surface area contributed by atoms with Gasteiger partial charge in [-0.2, -0.15) is 0 Å². The quantitative estimate of drug-likeness (QED) is 0.746. The van der Waals surface area contributed by atoms with Crippen LogP contribution in [0.3, 0.4) is 0 Å². The van der Waals surface area contributed by atoms with Crippen LogP contribution in [0.1, 0.15) is 42.4 Å². The van der Waals surface area contributed by atoms with Gasteiger partial charge in [0.1, 0.15) is 0 Å². The minimum Gasteiger partial charge on any atom is -0.377 e. The van der Waals surface area contributed by atoms with Crippen molar-refractivity contribution < 1.29 is 4.74 Å². The molecule has 0 bridgehead atoms. The van der Waals surface area contributed by atoms with Gasteiger partial charge >= 0.3 is 0 Å². The number of halogens is 1. The highest BCUT2D eigenvalue weighted by Crippen LogP contribution is 2.50. The third-order valence-electron chi connectivity index (χ3n) is 5.54. The lowest BCUT2D eigenvalue weighted by Gasteiger charge is -2.33. The van der Waals surface area contributed by atoms with Crippen molar-refractivity contribution in [3.63, 3.8) is 0 Å². The summed E-state index contributed by atoms with van der Waals surface area (Å²) in [6.45, 7) is 0.956. The van der Waals surface area contributed by atoms with Gasteiger partial charge in [-0.25, -0.2) is 0 Å². The van der Waals surface area contributed by atoms with Gasteiger partial charge in [0, 0.05) is 17.4 Å². The van der Waals surface area contributed by atoms with E-state index in [0.717, 1.165) is 17.9 Å². The molecule has 0 radical (unpaired) electrons. The van der Waals surface area contributed by atoms with Gasteiger partial charge in [0.2, 0.25) is 0 Å². The van der Waals surface area contributed by atoms with Crippen molar-refractivity contribution >= 4 is 15.9 Å². The highest BCUT2D eigenvalue weighted by atomic mass is 79.9. The Balaban J connectivity index is 1.59. The highest BCUT2D eigenvalue weighted by molar-refractivity contribution is 9.09. The van der Waals surface area contributed by atoms with Crippen molar-refractivity contribution in [2.45, 2.75) is 51.0 Å². The summed E-state index contributed by atoms with van der Waals surface area (Å²) >= 11 is 3.81. The maximum absolute atomic E-state index is 6.12. The van der Waals surface area contributed by atoms with E-state index in [1.807, 2.05) is 0 Å². The molecule has 1 aliphatic heterocycles. The van der Waals surface area contributed by atoms with E-state index in [4.69, 9.17) is 4.74 Å². The average molecular weight is 335 g/mol. The van der Waals surface area contributed by atoms with E-state index >= 15 is 0 Å². The van der Waals surface area contributed by atoms with Gasteiger partial charge in [0.05, 0.1) is 6.10 Å². The summed E-state index contributed by atoms with van der Waals surface area (Å²) in [5.74, 6) is 0.837. The topological polar surface area (TPSA) is 9.23 Å². The molecule has 108 valence electrons. The van der Waals surface area contributed by atoms with Crippen LogP contribution < -0.4 is 0 Å².